The molecule has 21 heavy (non-hydrogen) atoms. The van der Waals surface area contributed by atoms with Crippen LogP contribution in [0.4, 0.5) is 0 Å². The minimum atomic E-state index is -0.0270. The summed E-state index contributed by atoms with van der Waals surface area (Å²) in [5.41, 5.74) is 4.98. The number of rotatable bonds is 4. The Morgan fingerprint density at radius 1 is 1.29 bits per heavy atom. The fourth-order valence-corrected chi connectivity index (χ4v) is 3.08. The van der Waals surface area contributed by atoms with Crippen molar-refractivity contribution < 1.29 is 9.59 Å². The minimum Gasteiger partial charge on any atom is -0.358 e. The molecule has 2 N–H and O–H groups in total. The summed E-state index contributed by atoms with van der Waals surface area (Å²) in [6, 6.07) is 6.57. The van der Waals surface area contributed by atoms with E-state index in [-0.39, 0.29) is 17.7 Å². The van der Waals surface area contributed by atoms with Gasteiger partial charge in [0.25, 0.3) is 0 Å². The van der Waals surface area contributed by atoms with Gasteiger partial charge in [-0.1, -0.05) is 11.6 Å². The summed E-state index contributed by atoms with van der Waals surface area (Å²) in [4.78, 5) is 26.2. The molecule has 1 unspecified atom stereocenters. The van der Waals surface area contributed by atoms with Crippen molar-refractivity contribution in [2.45, 2.75) is 45.6 Å². The molecule has 1 aromatic carbocycles. The Morgan fingerprint density at radius 2 is 2.10 bits per heavy atom. The predicted molar refractivity (Wildman–Crippen MR) is 82.3 cm³/mol. The van der Waals surface area contributed by atoms with Crippen LogP contribution in [0.1, 0.15) is 36.6 Å². The average molecular weight is 284 g/mol. The SMILES string of the molecule is CC(=O)CCC(=O)NC1Cc2[nH]c3ccc(C)cc3c2C1. The van der Waals surface area contributed by atoms with Crippen LogP contribution in [0, 0.1) is 6.92 Å². The van der Waals surface area contributed by atoms with E-state index in [9.17, 15) is 9.59 Å². The third kappa shape index (κ3) is 2.84. The summed E-state index contributed by atoms with van der Waals surface area (Å²) in [5.74, 6) is 0.0316. The molecule has 1 aliphatic rings. The Bertz CT molecular complexity index is 715. The molecule has 4 heteroatoms. The number of aryl methyl sites for hydroxylation is 1. The van der Waals surface area contributed by atoms with Gasteiger partial charge in [-0.2, -0.15) is 0 Å². The van der Waals surface area contributed by atoms with Gasteiger partial charge in [-0.05, 0) is 38.0 Å². The molecule has 4 nitrogen and oxygen atoms in total. The first-order valence-electron chi connectivity index (χ1n) is 7.42. The smallest absolute Gasteiger partial charge is 0.220 e. The fourth-order valence-electron chi connectivity index (χ4n) is 3.08. The molecule has 0 radical (unpaired) electrons. The molecular weight excluding hydrogens is 264 g/mol. The second-order valence-electron chi connectivity index (χ2n) is 6.01. The number of amides is 1. The van der Waals surface area contributed by atoms with E-state index in [2.05, 4.69) is 35.4 Å². The summed E-state index contributed by atoms with van der Waals surface area (Å²) in [6.45, 7) is 3.61. The van der Waals surface area contributed by atoms with Gasteiger partial charge in [0, 0.05) is 41.9 Å². The van der Waals surface area contributed by atoms with Crippen molar-refractivity contribution in [3.05, 3.63) is 35.0 Å². The number of hydrogen-bond donors (Lipinski definition) is 2. The van der Waals surface area contributed by atoms with Gasteiger partial charge in [0.05, 0.1) is 0 Å². The van der Waals surface area contributed by atoms with Crippen molar-refractivity contribution in [1.29, 1.82) is 0 Å². The van der Waals surface area contributed by atoms with E-state index >= 15 is 0 Å². The highest BCUT2D eigenvalue weighted by atomic mass is 16.2. The van der Waals surface area contributed by atoms with Crippen LogP contribution in [-0.2, 0) is 22.4 Å². The zero-order valence-corrected chi connectivity index (χ0v) is 12.5. The number of hydrogen-bond acceptors (Lipinski definition) is 2. The van der Waals surface area contributed by atoms with Crippen molar-refractivity contribution in [1.82, 2.24) is 10.3 Å². The predicted octanol–water partition coefficient (Wildman–Crippen LogP) is 2.43. The number of nitrogens with one attached hydrogen (secondary N) is 2. The number of Topliss-reactive ketones (excluding diaryl/α,β-unsaturated/α-hetero) is 1. The fraction of sp³-hybridized carbons (Fsp3) is 0.412. The number of benzene rings is 1. The summed E-state index contributed by atoms with van der Waals surface area (Å²) in [5, 5.41) is 4.30. The van der Waals surface area contributed by atoms with Crippen LogP contribution in [0.2, 0.25) is 0 Å². The third-order valence-electron chi connectivity index (χ3n) is 4.12. The maximum absolute atomic E-state index is 11.8. The highest BCUT2D eigenvalue weighted by Crippen LogP contribution is 2.30. The minimum absolute atomic E-state index is 0.0270. The van der Waals surface area contributed by atoms with E-state index < -0.39 is 0 Å². The lowest BCUT2D eigenvalue weighted by Gasteiger charge is -2.12. The second-order valence-corrected chi connectivity index (χ2v) is 6.01. The molecule has 1 atom stereocenters. The molecule has 0 spiro atoms. The van der Waals surface area contributed by atoms with E-state index in [1.807, 2.05) is 0 Å². The molecule has 0 saturated carbocycles. The van der Waals surface area contributed by atoms with Crippen molar-refractivity contribution >= 4 is 22.6 Å². The Labute approximate surface area is 123 Å². The van der Waals surface area contributed by atoms with Crippen LogP contribution in [0.3, 0.4) is 0 Å². The number of carbonyl (C=O) groups is 2. The number of aromatic amines is 1. The van der Waals surface area contributed by atoms with E-state index in [0.29, 0.717) is 12.8 Å². The Kier molecular flexibility index (Phi) is 3.53. The first kappa shape index (κ1) is 13.9. The summed E-state index contributed by atoms with van der Waals surface area (Å²) < 4.78 is 0. The van der Waals surface area contributed by atoms with Crippen molar-refractivity contribution in [2.75, 3.05) is 0 Å². The molecule has 0 aliphatic heterocycles. The third-order valence-corrected chi connectivity index (χ3v) is 4.12. The maximum atomic E-state index is 11.8. The van der Waals surface area contributed by atoms with Gasteiger partial charge in [-0.3, -0.25) is 4.79 Å². The number of H-pyrrole nitrogens is 1. The van der Waals surface area contributed by atoms with Gasteiger partial charge in [-0.15, -0.1) is 0 Å². The van der Waals surface area contributed by atoms with E-state index in [0.717, 1.165) is 12.8 Å². The molecule has 1 aromatic heterocycles. The van der Waals surface area contributed by atoms with Gasteiger partial charge in [-0.25, -0.2) is 0 Å². The highest BCUT2D eigenvalue weighted by Gasteiger charge is 2.26. The monoisotopic (exact) mass is 284 g/mol. The molecule has 1 heterocycles. The first-order chi connectivity index (χ1) is 10.0. The number of aromatic nitrogens is 1. The van der Waals surface area contributed by atoms with Crippen LogP contribution in [-0.4, -0.2) is 22.7 Å². The largest absolute Gasteiger partial charge is 0.358 e. The lowest BCUT2D eigenvalue weighted by atomic mass is 10.1. The summed E-state index contributed by atoms with van der Waals surface area (Å²) in [7, 11) is 0. The quantitative estimate of drug-likeness (QED) is 0.905. The van der Waals surface area contributed by atoms with Crippen molar-refractivity contribution in [3.8, 4) is 0 Å². The van der Waals surface area contributed by atoms with Crippen LogP contribution in [0.5, 0.6) is 0 Å². The van der Waals surface area contributed by atoms with E-state index in [1.54, 1.807) is 0 Å². The molecule has 3 rings (SSSR count). The van der Waals surface area contributed by atoms with Crippen LogP contribution >= 0.6 is 0 Å². The lowest BCUT2D eigenvalue weighted by Crippen LogP contribution is -2.35. The van der Waals surface area contributed by atoms with Crippen molar-refractivity contribution in [2.24, 2.45) is 0 Å². The van der Waals surface area contributed by atoms with Gasteiger partial charge in [0.2, 0.25) is 5.91 Å². The molecule has 0 fully saturated rings. The van der Waals surface area contributed by atoms with E-state index in [1.165, 1.54) is 34.6 Å². The zero-order chi connectivity index (χ0) is 15.0. The number of carbonyl (C=O) groups excluding carboxylic acids is 2. The molecule has 1 amide bonds. The topological polar surface area (TPSA) is 62.0 Å². The molecule has 1 aliphatic carbocycles. The zero-order valence-electron chi connectivity index (χ0n) is 12.5. The standard InChI is InChI=1S/C17H20N2O2/c1-10-3-5-15-13(7-10)14-8-12(9-16(14)19-15)18-17(21)6-4-11(2)20/h3,5,7,12,19H,4,6,8-9H2,1-2H3,(H,18,21). The Hall–Kier alpha value is -2.10. The average Bonchev–Trinajstić information content (AvgIpc) is 2.94. The van der Waals surface area contributed by atoms with Gasteiger partial charge >= 0.3 is 0 Å². The number of fused-ring (bicyclic) bond motifs is 3. The van der Waals surface area contributed by atoms with Crippen molar-refractivity contribution in [3.63, 3.8) is 0 Å². The molecule has 0 bridgehead atoms. The molecule has 2 aromatic rings. The highest BCUT2D eigenvalue weighted by molar-refractivity contribution is 5.87. The van der Waals surface area contributed by atoms with E-state index in [4.69, 9.17) is 0 Å². The Balaban J connectivity index is 1.69. The molecule has 110 valence electrons. The maximum Gasteiger partial charge on any atom is 0.220 e. The van der Waals surface area contributed by atoms with Crippen LogP contribution in [0.25, 0.3) is 10.9 Å². The molecular formula is C17H20N2O2. The van der Waals surface area contributed by atoms with Gasteiger partial charge in [0.1, 0.15) is 5.78 Å². The van der Waals surface area contributed by atoms with Gasteiger partial charge in [0.15, 0.2) is 0 Å². The normalized spacial score (nSPS) is 17.0. The summed E-state index contributed by atoms with van der Waals surface area (Å²) >= 11 is 0. The van der Waals surface area contributed by atoms with Crippen LogP contribution < -0.4 is 5.32 Å². The lowest BCUT2D eigenvalue weighted by molar-refractivity contribution is -0.125. The first-order valence-corrected chi connectivity index (χ1v) is 7.42. The summed E-state index contributed by atoms with van der Waals surface area (Å²) in [6.07, 6.45) is 2.32. The Morgan fingerprint density at radius 3 is 2.86 bits per heavy atom. The number of ketones is 1. The van der Waals surface area contributed by atoms with Crippen LogP contribution in [0.15, 0.2) is 18.2 Å². The van der Waals surface area contributed by atoms with Gasteiger partial charge < -0.3 is 15.1 Å². The molecule has 0 saturated heterocycles. The second kappa shape index (κ2) is 5.35.